The van der Waals surface area contributed by atoms with Crippen molar-refractivity contribution in [2.45, 2.75) is 45.8 Å². The van der Waals surface area contributed by atoms with Crippen LogP contribution in [0.4, 0.5) is 11.4 Å². The van der Waals surface area contributed by atoms with Crippen LogP contribution in [0.2, 0.25) is 0 Å². The molecule has 4 heteroatoms. The molecule has 0 fully saturated rings. The number of hydrogen-bond donors (Lipinski definition) is 1. The van der Waals surface area contributed by atoms with Crippen molar-refractivity contribution in [1.29, 1.82) is 0 Å². The molecule has 0 unspecified atom stereocenters. The molecule has 4 aromatic carbocycles. The Bertz CT molecular complexity index is 1570. The van der Waals surface area contributed by atoms with E-state index < -0.39 is 0 Å². The minimum absolute atomic E-state index is 0.286. The summed E-state index contributed by atoms with van der Waals surface area (Å²) in [4.78, 5) is 4.74. The lowest BCUT2D eigenvalue weighted by molar-refractivity contribution is 0.284. The number of nitrogens with zero attached hydrogens (tertiary/aromatic N) is 1. The normalized spacial score (nSPS) is 19.2. The van der Waals surface area contributed by atoms with E-state index >= 15 is 0 Å². The Morgan fingerprint density at radius 1 is 0.850 bits per heavy atom. The van der Waals surface area contributed by atoms with Crippen molar-refractivity contribution >= 4 is 17.6 Å². The van der Waals surface area contributed by atoms with Crippen molar-refractivity contribution < 1.29 is 9.47 Å². The van der Waals surface area contributed by atoms with E-state index in [1.54, 1.807) is 7.11 Å². The molecule has 0 radical (unpaired) electrons. The first kappa shape index (κ1) is 25.9. The highest BCUT2D eigenvalue weighted by Crippen LogP contribution is 2.50. The minimum atomic E-state index is 0.286. The molecule has 1 aliphatic carbocycles. The van der Waals surface area contributed by atoms with Crippen LogP contribution in [0.5, 0.6) is 11.5 Å². The second-order valence-corrected chi connectivity index (χ2v) is 11.1. The number of allylic oxidation sites excluding steroid dienone is 2. The van der Waals surface area contributed by atoms with Gasteiger partial charge in [-0.1, -0.05) is 71.3 Å². The van der Waals surface area contributed by atoms with Crippen molar-refractivity contribution in [1.82, 2.24) is 0 Å². The topological polar surface area (TPSA) is 42.8 Å². The van der Waals surface area contributed by atoms with Gasteiger partial charge in [-0.25, -0.2) is 0 Å². The fourth-order valence-corrected chi connectivity index (χ4v) is 6.16. The first-order chi connectivity index (χ1) is 19.5. The molecular weight excluding hydrogens is 492 g/mol. The number of nitrogens with one attached hydrogen (secondary N) is 1. The average molecular weight is 529 g/mol. The van der Waals surface area contributed by atoms with Crippen molar-refractivity contribution in [2.75, 3.05) is 12.4 Å². The smallest absolute Gasteiger partial charge is 0.161 e. The van der Waals surface area contributed by atoms with E-state index in [9.17, 15) is 0 Å². The van der Waals surface area contributed by atoms with Crippen LogP contribution in [0, 0.1) is 26.7 Å². The lowest BCUT2D eigenvalue weighted by Gasteiger charge is -2.37. The zero-order valence-electron chi connectivity index (χ0n) is 23.6. The average Bonchev–Trinajstić information content (AvgIpc) is 3.45. The van der Waals surface area contributed by atoms with Gasteiger partial charge in [0.05, 0.1) is 18.8 Å². The summed E-state index contributed by atoms with van der Waals surface area (Å²) in [6.07, 6.45) is 7.71. The summed E-state index contributed by atoms with van der Waals surface area (Å²) in [5.41, 5.74) is 10.8. The summed E-state index contributed by atoms with van der Waals surface area (Å²) in [5, 5.41) is 3.83. The molecule has 0 saturated heterocycles. The highest BCUT2D eigenvalue weighted by molar-refractivity contribution is 5.83. The van der Waals surface area contributed by atoms with Crippen molar-refractivity contribution in [2.24, 2.45) is 10.9 Å². The molecule has 6 rings (SSSR count). The van der Waals surface area contributed by atoms with Crippen LogP contribution >= 0.6 is 0 Å². The van der Waals surface area contributed by atoms with Gasteiger partial charge >= 0.3 is 0 Å². The quantitative estimate of drug-likeness (QED) is 0.193. The van der Waals surface area contributed by atoms with Gasteiger partial charge in [0.1, 0.15) is 6.61 Å². The van der Waals surface area contributed by atoms with E-state index in [4.69, 9.17) is 14.5 Å². The maximum absolute atomic E-state index is 6.09. The number of methoxy groups -OCH3 is 1. The molecule has 0 spiro atoms. The Morgan fingerprint density at radius 2 is 1.65 bits per heavy atom. The molecule has 3 atom stereocenters. The van der Waals surface area contributed by atoms with E-state index in [1.807, 2.05) is 24.4 Å². The van der Waals surface area contributed by atoms with Gasteiger partial charge in [0, 0.05) is 17.8 Å². The fraction of sp³-hybridized carbons (Fsp3) is 0.250. The molecular formula is C36H36N2O2. The van der Waals surface area contributed by atoms with Gasteiger partial charge in [0.15, 0.2) is 11.5 Å². The lowest BCUT2D eigenvalue weighted by Crippen LogP contribution is -2.29. The molecule has 4 aromatic rings. The predicted octanol–water partition coefficient (Wildman–Crippen LogP) is 8.78. The van der Waals surface area contributed by atoms with Gasteiger partial charge in [0.2, 0.25) is 0 Å². The van der Waals surface area contributed by atoms with Crippen LogP contribution in [-0.2, 0) is 6.61 Å². The first-order valence-electron chi connectivity index (χ1n) is 14.0. The summed E-state index contributed by atoms with van der Waals surface area (Å²) in [6.45, 7) is 6.88. The Morgan fingerprint density at radius 3 is 2.42 bits per heavy atom. The van der Waals surface area contributed by atoms with Crippen molar-refractivity contribution in [3.63, 3.8) is 0 Å². The van der Waals surface area contributed by atoms with E-state index in [0.29, 0.717) is 24.2 Å². The van der Waals surface area contributed by atoms with E-state index in [-0.39, 0.29) is 6.04 Å². The van der Waals surface area contributed by atoms with Gasteiger partial charge in [-0.2, -0.15) is 0 Å². The van der Waals surface area contributed by atoms with Crippen LogP contribution in [0.25, 0.3) is 0 Å². The summed E-state index contributed by atoms with van der Waals surface area (Å²) < 4.78 is 11.7. The number of aryl methyl sites for hydroxylation is 3. The first-order valence-corrected chi connectivity index (χ1v) is 14.0. The fourth-order valence-electron chi connectivity index (χ4n) is 6.16. The van der Waals surface area contributed by atoms with Crippen LogP contribution in [0.15, 0.2) is 96.0 Å². The second kappa shape index (κ2) is 11.1. The van der Waals surface area contributed by atoms with E-state index in [0.717, 1.165) is 29.0 Å². The molecule has 0 amide bonds. The molecule has 0 saturated carbocycles. The zero-order chi connectivity index (χ0) is 27.6. The molecule has 4 nitrogen and oxygen atoms in total. The molecule has 202 valence electrons. The molecule has 0 bridgehead atoms. The number of aliphatic imine (C=N–C) groups is 1. The standard InChI is InChI=1S/C36H36N2O2/c1-23-8-14-33-32(19-23)30-6-5-7-31(30)36(38-33)28-10-12-29(13-11-28)37-21-26-9-15-34(35(20-26)39-4)40-22-27-17-24(2)16-25(3)18-27/h5-6,8-21,30-31,36,38H,7,22H2,1-4H3/t30-,31-,36-/m0/s1. The monoisotopic (exact) mass is 528 g/mol. The molecule has 1 heterocycles. The highest BCUT2D eigenvalue weighted by Gasteiger charge is 2.37. The van der Waals surface area contributed by atoms with Gasteiger partial charge < -0.3 is 14.8 Å². The molecule has 40 heavy (non-hydrogen) atoms. The van der Waals surface area contributed by atoms with Crippen molar-refractivity contribution in [3.05, 3.63) is 130 Å². The van der Waals surface area contributed by atoms with E-state index in [1.165, 1.54) is 33.5 Å². The van der Waals surface area contributed by atoms with Gasteiger partial charge in [-0.15, -0.1) is 0 Å². The van der Waals surface area contributed by atoms with Crippen LogP contribution in [0.1, 0.15) is 57.3 Å². The Hall–Kier alpha value is -4.31. The summed E-state index contributed by atoms with van der Waals surface area (Å²) in [5.74, 6) is 2.43. The third kappa shape index (κ3) is 5.40. The Labute approximate surface area is 237 Å². The van der Waals surface area contributed by atoms with Crippen LogP contribution in [0.3, 0.4) is 0 Å². The lowest BCUT2D eigenvalue weighted by atomic mass is 9.76. The highest BCUT2D eigenvalue weighted by atomic mass is 16.5. The number of fused-ring (bicyclic) bond motifs is 3. The van der Waals surface area contributed by atoms with Gasteiger partial charge in [-0.05, 0) is 91.8 Å². The maximum Gasteiger partial charge on any atom is 0.161 e. The molecule has 0 aromatic heterocycles. The SMILES string of the molecule is COc1cc(C=Nc2ccc([C@@H]3Nc4ccc(C)cc4[C@H]4C=CC[C@@H]43)cc2)ccc1OCc1cc(C)cc(C)c1. The third-order valence-corrected chi connectivity index (χ3v) is 8.00. The van der Waals surface area contributed by atoms with Crippen molar-refractivity contribution in [3.8, 4) is 11.5 Å². The van der Waals surface area contributed by atoms with Gasteiger partial charge in [-0.3, -0.25) is 4.99 Å². The number of benzene rings is 4. The molecule has 1 N–H and O–H groups in total. The number of anilines is 1. The summed E-state index contributed by atoms with van der Waals surface area (Å²) >= 11 is 0. The number of ether oxygens (including phenoxy) is 2. The zero-order valence-corrected chi connectivity index (χ0v) is 23.6. The Kier molecular flexibility index (Phi) is 7.17. The number of rotatable bonds is 7. The summed E-state index contributed by atoms with van der Waals surface area (Å²) in [7, 11) is 1.67. The summed E-state index contributed by atoms with van der Waals surface area (Å²) in [6, 6.07) is 28.1. The Balaban J connectivity index is 1.14. The van der Waals surface area contributed by atoms with Crippen LogP contribution in [-0.4, -0.2) is 13.3 Å². The number of hydrogen-bond acceptors (Lipinski definition) is 4. The molecule has 2 aliphatic rings. The largest absolute Gasteiger partial charge is 0.493 e. The second-order valence-electron chi connectivity index (χ2n) is 11.1. The van der Waals surface area contributed by atoms with E-state index in [2.05, 4.69) is 98.9 Å². The van der Waals surface area contributed by atoms with Gasteiger partial charge in [0.25, 0.3) is 0 Å². The molecule has 1 aliphatic heterocycles. The third-order valence-electron chi connectivity index (χ3n) is 8.00. The predicted molar refractivity (Wildman–Crippen MR) is 164 cm³/mol. The van der Waals surface area contributed by atoms with Crippen LogP contribution < -0.4 is 14.8 Å². The maximum atomic E-state index is 6.09. The minimum Gasteiger partial charge on any atom is -0.493 e.